The summed E-state index contributed by atoms with van der Waals surface area (Å²) < 4.78 is 16.4. The summed E-state index contributed by atoms with van der Waals surface area (Å²) in [6.45, 7) is 3.40. The lowest BCUT2D eigenvalue weighted by Crippen LogP contribution is -2.50. The third kappa shape index (κ3) is 9.17. The number of primary amides is 1. The fourth-order valence-electron chi connectivity index (χ4n) is 6.95. The van der Waals surface area contributed by atoms with Gasteiger partial charge in [-0.25, -0.2) is 9.59 Å². The predicted octanol–water partition coefficient (Wildman–Crippen LogP) is 5.42. The van der Waals surface area contributed by atoms with Crippen LogP contribution in [-0.4, -0.2) is 97.8 Å². The van der Waals surface area contributed by atoms with Gasteiger partial charge in [-0.2, -0.15) is 0 Å². The normalized spacial score (nSPS) is 18.3. The maximum absolute atomic E-state index is 13.9. The Hall–Kier alpha value is -4.78. The molecule has 0 radical (unpaired) electrons. The van der Waals surface area contributed by atoms with E-state index >= 15 is 0 Å². The second-order valence-corrected chi connectivity index (χ2v) is 13.5. The number of rotatable bonds is 12. The molecule has 4 N–H and O–H groups in total. The molecular formula is C38H43Cl2N3O9. The predicted molar refractivity (Wildman–Crippen MR) is 197 cm³/mol. The Morgan fingerprint density at radius 2 is 1.38 bits per heavy atom. The molecular weight excluding hydrogens is 713 g/mol. The van der Waals surface area contributed by atoms with E-state index in [0.717, 1.165) is 43.6 Å². The molecule has 14 heteroatoms. The van der Waals surface area contributed by atoms with Crippen molar-refractivity contribution in [2.45, 2.75) is 36.5 Å². The molecule has 278 valence electrons. The van der Waals surface area contributed by atoms with E-state index < -0.39 is 17.4 Å². The highest BCUT2D eigenvalue weighted by atomic mass is 35.5. The van der Waals surface area contributed by atoms with Gasteiger partial charge in [-0.15, -0.1) is 0 Å². The first-order valence-electron chi connectivity index (χ1n) is 16.6. The largest absolute Gasteiger partial charge is 0.493 e. The minimum atomic E-state index is -1.26. The van der Waals surface area contributed by atoms with Gasteiger partial charge in [0.15, 0.2) is 11.5 Å². The van der Waals surface area contributed by atoms with Crippen molar-refractivity contribution >= 4 is 47.0 Å². The van der Waals surface area contributed by atoms with Crippen LogP contribution >= 0.6 is 23.2 Å². The smallest absolute Gasteiger partial charge is 0.328 e. The summed E-state index contributed by atoms with van der Waals surface area (Å²) in [6.07, 6.45) is 4.02. The topological polar surface area (TPSA) is 169 Å². The van der Waals surface area contributed by atoms with Gasteiger partial charge >= 0.3 is 11.9 Å². The first-order valence-corrected chi connectivity index (χ1v) is 17.3. The molecule has 5 rings (SSSR count). The van der Waals surface area contributed by atoms with Crippen LogP contribution < -0.4 is 19.9 Å². The number of likely N-dealkylation sites (tertiary alicyclic amines) is 2. The number of ether oxygens (including phenoxy) is 3. The van der Waals surface area contributed by atoms with Crippen LogP contribution in [0.25, 0.3) is 0 Å². The Balaban J connectivity index is 0.000000677. The van der Waals surface area contributed by atoms with E-state index in [1.807, 2.05) is 53.4 Å². The number of carboxylic acids is 2. The van der Waals surface area contributed by atoms with Crippen molar-refractivity contribution in [3.63, 3.8) is 0 Å². The summed E-state index contributed by atoms with van der Waals surface area (Å²) in [4.78, 5) is 50.0. The Kier molecular flexibility index (Phi) is 13.6. The average Bonchev–Trinajstić information content (AvgIpc) is 3.59. The molecule has 0 aromatic heterocycles. The number of amides is 2. The van der Waals surface area contributed by atoms with Gasteiger partial charge in [0.1, 0.15) is 0 Å². The van der Waals surface area contributed by atoms with Crippen molar-refractivity contribution in [3.05, 3.63) is 99.6 Å². The number of piperidine rings is 1. The number of hydrogen-bond acceptors (Lipinski definition) is 8. The van der Waals surface area contributed by atoms with Crippen molar-refractivity contribution in [1.82, 2.24) is 9.80 Å². The Labute approximate surface area is 312 Å². The number of hydrogen-bond donors (Lipinski definition) is 3. The molecule has 2 saturated heterocycles. The summed E-state index contributed by atoms with van der Waals surface area (Å²) in [7, 11) is 4.60. The maximum atomic E-state index is 13.9. The van der Waals surface area contributed by atoms with Gasteiger partial charge in [-0.1, -0.05) is 59.6 Å². The van der Waals surface area contributed by atoms with E-state index in [9.17, 15) is 19.2 Å². The van der Waals surface area contributed by atoms with E-state index in [2.05, 4.69) is 4.90 Å². The monoisotopic (exact) mass is 755 g/mol. The lowest BCUT2D eigenvalue weighted by molar-refractivity contribution is -0.134. The number of nitrogens with two attached hydrogens (primary N) is 1. The summed E-state index contributed by atoms with van der Waals surface area (Å²) in [5, 5.41) is 16.6. The zero-order valence-electron chi connectivity index (χ0n) is 29.3. The molecule has 2 amide bonds. The number of nitrogens with zero attached hydrogens (tertiary/aromatic N) is 2. The fraction of sp³-hybridized carbons (Fsp3) is 0.368. The second-order valence-electron chi connectivity index (χ2n) is 12.7. The Morgan fingerprint density at radius 1 is 0.788 bits per heavy atom. The number of methoxy groups -OCH3 is 3. The van der Waals surface area contributed by atoms with Crippen LogP contribution in [0.2, 0.25) is 10.0 Å². The van der Waals surface area contributed by atoms with Crippen molar-refractivity contribution in [2.24, 2.45) is 5.73 Å². The molecule has 2 heterocycles. The third-order valence-corrected chi connectivity index (χ3v) is 10.6. The molecule has 0 bridgehead atoms. The van der Waals surface area contributed by atoms with E-state index in [4.69, 9.17) is 53.4 Å². The van der Waals surface area contributed by atoms with Gasteiger partial charge in [0, 0.05) is 36.2 Å². The quantitative estimate of drug-likeness (QED) is 0.203. The highest BCUT2D eigenvalue weighted by Gasteiger charge is 2.44. The number of carbonyl (C=O) groups is 4. The van der Waals surface area contributed by atoms with Crippen molar-refractivity contribution < 1.29 is 43.6 Å². The molecule has 0 spiro atoms. The standard InChI is InChI=1S/C34H39Cl2N3O5.C4H4O4/c1-42-28-19-23(20-29(43-2)30(28)44-3)31(40)39-18-12-33(22-39,25-9-10-26(35)27(36)21-25)11-15-38-16-13-34(14-17-38,32(37)41)24-7-5-4-6-8-24;5-3(6)1-2-4(7)8/h4-10,19-21H,11-18,22H2,1-3H3,(H2,37,41);1-2H,(H,5,6)(H,7,8)/b;2-1-. The Bertz CT molecular complexity index is 1750. The van der Waals surface area contributed by atoms with Gasteiger partial charge < -0.3 is 40.0 Å². The van der Waals surface area contributed by atoms with Gasteiger partial charge in [-0.3, -0.25) is 9.59 Å². The van der Waals surface area contributed by atoms with Crippen LogP contribution in [0.4, 0.5) is 0 Å². The first-order chi connectivity index (χ1) is 24.8. The van der Waals surface area contributed by atoms with Crippen LogP contribution in [-0.2, 0) is 25.2 Å². The van der Waals surface area contributed by atoms with Gasteiger partial charge in [0.2, 0.25) is 11.7 Å². The molecule has 52 heavy (non-hydrogen) atoms. The number of carbonyl (C=O) groups excluding carboxylic acids is 2. The Morgan fingerprint density at radius 3 is 1.88 bits per heavy atom. The zero-order valence-corrected chi connectivity index (χ0v) is 30.8. The van der Waals surface area contributed by atoms with Crippen molar-refractivity contribution in [3.8, 4) is 17.2 Å². The van der Waals surface area contributed by atoms with Crippen LogP contribution in [0, 0.1) is 0 Å². The van der Waals surface area contributed by atoms with E-state index in [1.165, 1.54) is 21.3 Å². The molecule has 3 aromatic rings. The van der Waals surface area contributed by atoms with Gasteiger partial charge in [-0.05, 0) is 80.7 Å². The third-order valence-electron chi connectivity index (χ3n) is 9.87. The summed E-state index contributed by atoms with van der Waals surface area (Å²) >= 11 is 12.8. The molecule has 3 aromatic carbocycles. The molecule has 2 aliphatic heterocycles. The van der Waals surface area contributed by atoms with Gasteiger partial charge in [0.05, 0.1) is 36.8 Å². The number of carboxylic acid groups (broad SMARTS) is 2. The number of halogens is 2. The number of benzene rings is 3. The van der Waals surface area contributed by atoms with E-state index in [0.29, 0.717) is 70.9 Å². The van der Waals surface area contributed by atoms with Gasteiger partial charge in [0.25, 0.3) is 5.91 Å². The molecule has 12 nitrogen and oxygen atoms in total. The van der Waals surface area contributed by atoms with Crippen molar-refractivity contribution in [1.29, 1.82) is 0 Å². The first kappa shape index (κ1) is 40.0. The molecule has 2 fully saturated rings. The number of aliphatic carboxylic acids is 2. The summed E-state index contributed by atoms with van der Waals surface area (Å²) in [5.41, 5.74) is 7.49. The lowest BCUT2D eigenvalue weighted by atomic mass is 9.71. The second kappa shape index (κ2) is 17.6. The van der Waals surface area contributed by atoms with E-state index in [1.54, 1.807) is 12.1 Å². The van der Waals surface area contributed by atoms with Crippen LogP contribution in [0.5, 0.6) is 17.2 Å². The molecule has 0 saturated carbocycles. The van der Waals surface area contributed by atoms with Crippen LogP contribution in [0.3, 0.4) is 0 Å². The van der Waals surface area contributed by atoms with E-state index in [-0.39, 0.29) is 17.2 Å². The van der Waals surface area contributed by atoms with Crippen molar-refractivity contribution in [2.75, 3.05) is 54.1 Å². The summed E-state index contributed by atoms with van der Waals surface area (Å²) in [6, 6.07) is 19.0. The highest BCUT2D eigenvalue weighted by molar-refractivity contribution is 6.42. The molecule has 2 aliphatic rings. The maximum Gasteiger partial charge on any atom is 0.328 e. The zero-order chi connectivity index (χ0) is 38.1. The molecule has 1 unspecified atom stereocenters. The minimum absolute atomic E-state index is 0.113. The van der Waals surface area contributed by atoms with Crippen LogP contribution in [0.15, 0.2) is 72.8 Å². The SMILES string of the molecule is COc1cc(C(=O)N2CCC(CCN3CCC(C(N)=O)(c4ccccc4)CC3)(c3ccc(Cl)c(Cl)c3)C2)cc(OC)c1OC.O=C(O)/C=C\C(=O)O. The molecule has 1 atom stereocenters. The van der Waals surface area contributed by atoms with Crippen LogP contribution in [0.1, 0.15) is 47.2 Å². The fourth-order valence-corrected chi connectivity index (χ4v) is 7.25. The average molecular weight is 757 g/mol. The minimum Gasteiger partial charge on any atom is -0.493 e. The lowest BCUT2D eigenvalue weighted by Gasteiger charge is -2.41. The highest BCUT2D eigenvalue weighted by Crippen LogP contribution is 2.43. The summed E-state index contributed by atoms with van der Waals surface area (Å²) in [5.74, 6) is -1.60. The molecule has 0 aliphatic carbocycles.